The van der Waals surface area contributed by atoms with E-state index in [1.165, 1.54) is 6.26 Å². The van der Waals surface area contributed by atoms with Crippen LogP contribution in [-0.4, -0.2) is 29.9 Å². The lowest BCUT2D eigenvalue weighted by molar-refractivity contribution is -0.134. The Morgan fingerprint density at radius 3 is 2.64 bits per heavy atom. The number of furan rings is 1. The molecule has 7 heteroatoms. The van der Waals surface area contributed by atoms with Crippen molar-refractivity contribution in [1.29, 1.82) is 0 Å². The number of hydrogen-bond donors (Lipinski definition) is 1. The minimum absolute atomic E-state index is 0.175. The molecule has 0 saturated heterocycles. The Morgan fingerprint density at radius 1 is 1.14 bits per heavy atom. The molecule has 146 valence electrons. The number of ether oxygens (including phenoxy) is 1. The van der Waals surface area contributed by atoms with Crippen LogP contribution in [0.1, 0.15) is 27.9 Å². The minimum atomic E-state index is -0.702. The first kappa shape index (κ1) is 19.7. The predicted molar refractivity (Wildman–Crippen MR) is 107 cm³/mol. The van der Waals surface area contributed by atoms with Gasteiger partial charge in [-0.2, -0.15) is 0 Å². The van der Waals surface area contributed by atoms with E-state index in [4.69, 9.17) is 9.15 Å². The van der Waals surface area contributed by atoms with Gasteiger partial charge in [-0.15, -0.1) is 11.3 Å². The van der Waals surface area contributed by atoms with Crippen molar-refractivity contribution in [3.63, 3.8) is 0 Å². The van der Waals surface area contributed by atoms with Crippen molar-refractivity contribution in [2.45, 2.75) is 26.1 Å². The largest absolute Gasteiger partial charge is 0.496 e. The molecule has 0 saturated carbocycles. The molecule has 1 atom stereocenters. The van der Waals surface area contributed by atoms with Gasteiger partial charge in [0.15, 0.2) is 5.76 Å². The van der Waals surface area contributed by atoms with Crippen LogP contribution < -0.4 is 10.1 Å². The van der Waals surface area contributed by atoms with E-state index >= 15 is 0 Å². The summed E-state index contributed by atoms with van der Waals surface area (Å²) in [6.07, 6.45) is 1.42. The van der Waals surface area contributed by atoms with Crippen molar-refractivity contribution in [1.82, 2.24) is 10.2 Å². The molecule has 2 aromatic heterocycles. The number of benzene rings is 1. The summed E-state index contributed by atoms with van der Waals surface area (Å²) in [5.41, 5.74) is 0.902. The Morgan fingerprint density at radius 2 is 1.96 bits per heavy atom. The van der Waals surface area contributed by atoms with Gasteiger partial charge in [0.2, 0.25) is 5.91 Å². The van der Waals surface area contributed by atoms with E-state index in [0.717, 1.165) is 16.2 Å². The van der Waals surface area contributed by atoms with E-state index in [9.17, 15) is 9.59 Å². The molecule has 0 aliphatic heterocycles. The number of nitrogens with one attached hydrogen (secondary N) is 1. The number of thiophene rings is 1. The topological polar surface area (TPSA) is 71.8 Å². The van der Waals surface area contributed by atoms with Gasteiger partial charge in [-0.05, 0) is 36.6 Å². The fourth-order valence-electron chi connectivity index (χ4n) is 2.85. The zero-order valence-electron chi connectivity index (χ0n) is 15.8. The second kappa shape index (κ2) is 9.23. The number of para-hydroxylation sites is 1. The van der Waals surface area contributed by atoms with Crippen LogP contribution in [0.2, 0.25) is 0 Å². The molecule has 1 unspecified atom stereocenters. The Kier molecular flexibility index (Phi) is 6.49. The number of nitrogens with zero attached hydrogens (tertiary/aromatic N) is 1. The fourth-order valence-corrected chi connectivity index (χ4v) is 3.57. The van der Waals surface area contributed by atoms with E-state index in [1.807, 2.05) is 41.8 Å². The predicted octanol–water partition coefficient (Wildman–Crippen LogP) is 3.70. The Labute approximate surface area is 167 Å². The van der Waals surface area contributed by atoms with Gasteiger partial charge in [0, 0.05) is 17.0 Å². The van der Waals surface area contributed by atoms with Crippen LogP contribution in [0.4, 0.5) is 0 Å². The maximum atomic E-state index is 13.1. The van der Waals surface area contributed by atoms with Crippen molar-refractivity contribution in [3.8, 4) is 5.75 Å². The first-order chi connectivity index (χ1) is 13.6. The number of carbonyl (C=O) groups excluding carboxylic acids is 2. The molecule has 0 aliphatic carbocycles. The summed E-state index contributed by atoms with van der Waals surface area (Å²) >= 11 is 1.59. The van der Waals surface area contributed by atoms with E-state index in [0.29, 0.717) is 13.1 Å². The van der Waals surface area contributed by atoms with Crippen LogP contribution in [-0.2, 0) is 17.9 Å². The molecule has 28 heavy (non-hydrogen) atoms. The third-order valence-electron chi connectivity index (χ3n) is 4.26. The van der Waals surface area contributed by atoms with Gasteiger partial charge in [0.1, 0.15) is 11.8 Å². The molecule has 1 N–H and O–H groups in total. The van der Waals surface area contributed by atoms with E-state index in [-0.39, 0.29) is 11.7 Å². The Hall–Kier alpha value is -3.06. The maximum Gasteiger partial charge on any atom is 0.287 e. The average Bonchev–Trinajstić information content (AvgIpc) is 3.41. The zero-order valence-corrected chi connectivity index (χ0v) is 16.6. The van der Waals surface area contributed by atoms with Gasteiger partial charge < -0.3 is 19.4 Å². The van der Waals surface area contributed by atoms with Crippen molar-refractivity contribution < 1.29 is 18.7 Å². The van der Waals surface area contributed by atoms with E-state index < -0.39 is 11.9 Å². The summed E-state index contributed by atoms with van der Waals surface area (Å²) in [7, 11) is 1.61. The second-order valence-corrected chi connectivity index (χ2v) is 7.29. The minimum Gasteiger partial charge on any atom is -0.496 e. The lowest BCUT2D eigenvalue weighted by Crippen LogP contribution is -2.46. The smallest absolute Gasteiger partial charge is 0.287 e. The quantitative estimate of drug-likeness (QED) is 0.628. The Bertz CT molecular complexity index is 906. The monoisotopic (exact) mass is 398 g/mol. The Balaban J connectivity index is 1.77. The van der Waals surface area contributed by atoms with Crippen LogP contribution in [0, 0.1) is 0 Å². The summed E-state index contributed by atoms with van der Waals surface area (Å²) < 4.78 is 10.5. The molecule has 3 rings (SSSR count). The van der Waals surface area contributed by atoms with Crippen LogP contribution in [0.15, 0.2) is 64.6 Å². The zero-order chi connectivity index (χ0) is 19.9. The van der Waals surface area contributed by atoms with Crippen LogP contribution in [0.5, 0.6) is 5.75 Å². The molecule has 3 aromatic rings. The normalized spacial score (nSPS) is 11.6. The highest BCUT2D eigenvalue weighted by molar-refractivity contribution is 7.09. The summed E-state index contributed by atoms with van der Waals surface area (Å²) in [6.45, 7) is 2.50. The molecule has 0 fully saturated rings. The van der Waals surface area contributed by atoms with Crippen molar-refractivity contribution in [2.24, 2.45) is 0 Å². The summed E-state index contributed by atoms with van der Waals surface area (Å²) in [5, 5.41) is 4.68. The van der Waals surface area contributed by atoms with Gasteiger partial charge in [-0.3, -0.25) is 9.59 Å². The van der Waals surface area contributed by atoms with E-state index in [1.54, 1.807) is 42.4 Å². The highest BCUT2D eigenvalue weighted by Crippen LogP contribution is 2.22. The van der Waals surface area contributed by atoms with Gasteiger partial charge in [-0.1, -0.05) is 24.3 Å². The molecule has 0 spiro atoms. The lowest BCUT2D eigenvalue weighted by Gasteiger charge is -2.26. The standard InChI is InChI=1S/C21H22N2O4S/c1-15(22-20(24)19-10-5-11-27-19)21(25)23(14-17-8-6-12-28-17)13-16-7-3-4-9-18(16)26-2/h3-12,15H,13-14H2,1-2H3,(H,22,24). The molecule has 0 aliphatic rings. The second-order valence-electron chi connectivity index (χ2n) is 6.26. The maximum absolute atomic E-state index is 13.1. The lowest BCUT2D eigenvalue weighted by atomic mass is 10.1. The SMILES string of the molecule is COc1ccccc1CN(Cc1cccs1)C(=O)C(C)NC(=O)c1ccco1. The molecule has 0 bridgehead atoms. The number of carbonyl (C=O) groups is 2. The van der Waals surface area contributed by atoms with Gasteiger partial charge in [-0.25, -0.2) is 0 Å². The van der Waals surface area contributed by atoms with Gasteiger partial charge in [0.25, 0.3) is 5.91 Å². The van der Waals surface area contributed by atoms with Crippen LogP contribution in [0.3, 0.4) is 0 Å². The molecular formula is C21H22N2O4S. The highest BCUT2D eigenvalue weighted by atomic mass is 32.1. The van der Waals surface area contributed by atoms with Crippen molar-refractivity contribution in [3.05, 3.63) is 76.4 Å². The molecule has 2 amide bonds. The third kappa shape index (κ3) is 4.80. The van der Waals surface area contributed by atoms with Gasteiger partial charge in [0.05, 0.1) is 19.9 Å². The number of methoxy groups -OCH3 is 1. The van der Waals surface area contributed by atoms with Crippen molar-refractivity contribution in [2.75, 3.05) is 7.11 Å². The van der Waals surface area contributed by atoms with Crippen LogP contribution >= 0.6 is 11.3 Å². The molecule has 2 heterocycles. The highest BCUT2D eigenvalue weighted by Gasteiger charge is 2.24. The first-order valence-electron chi connectivity index (χ1n) is 8.86. The first-order valence-corrected chi connectivity index (χ1v) is 9.74. The van der Waals surface area contributed by atoms with Gasteiger partial charge >= 0.3 is 0 Å². The summed E-state index contributed by atoms with van der Waals surface area (Å²) in [4.78, 5) is 28.1. The fraction of sp³-hybridized carbons (Fsp3) is 0.238. The summed E-state index contributed by atoms with van der Waals surface area (Å²) in [6, 6.07) is 14.0. The molecular weight excluding hydrogens is 376 g/mol. The number of amides is 2. The summed E-state index contributed by atoms with van der Waals surface area (Å²) in [5.74, 6) is 0.298. The number of hydrogen-bond acceptors (Lipinski definition) is 5. The van der Waals surface area contributed by atoms with E-state index in [2.05, 4.69) is 5.32 Å². The number of rotatable bonds is 8. The average molecular weight is 398 g/mol. The van der Waals surface area contributed by atoms with Crippen molar-refractivity contribution >= 4 is 23.2 Å². The molecule has 1 aromatic carbocycles. The van der Waals surface area contributed by atoms with Crippen LogP contribution in [0.25, 0.3) is 0 Å². The molecule has 0 radical (unpaired) electrons. The molecule has 6 nitrogen and oxygen atoms in total. The third-order valence-corrected chi connectivity index (χ3v) is 5.12.